The number of halogens is 1. The van der Waals surface area contributed by atoms with E-state index < -0.39 is 11.7 Å². The van der Waals surface area contributed by atoms with Gasteiger partial charge in [-0.15, -0.1) is 0 Å². The Hall–Kier alpha value is -3.87. The predicted molar refractivity (Wildman–Crippen MR) is 121 cm³/mol. The van der Waals surface area contributed by atoms with Gasteiger partial charge in [0.15, 0.2) is 11.5 Å². The van der Waals surface area contributed by atoms with Gasteiger partial charge in [-0.05, 0) is 61.4 Å². The molecule has 0 fully saturated rings. The van der Waals surface area contributed by atoms with Crippen LogP contribution in [0, 0.1) is 12.7 Å². The molecule has 32 heavy (non-hydrogen) atoms. The average molecular weight is 436 g/mol. The number of carbonyl (C=O) groups excluding carboxylic acids is 2. The van der Waals surface area contributed by atoms with Crippen LogP contribution in [0.2, 0.25) is 0 Å². The molecule has 3 aromatic carbocycles. The molecule has 3 aromatic rings. The molecule has 0 saturated carbocycles. The molecule has 0 aliphatic heterocycles. The van der Waals surface area contributed by atoms with Crippen LogP contribution in [0.1, 0.15) is 38.8 Å². The smallest absolute Gasteiger partial charge is 0.258 e. The van der Waals surface area contributed by atoms with E-state index in [4.69, 9.17) is 9.47 Å². The van der Waals surface area contributed by atoms with Crippen LogP contribution < -0.4 is 20.1 Å². The Morgan fingerprint density at radius 2 is 1.75 bits per heavy atom. The summed E-state index contributed by atoms with van der Waals surface area (Å²) in [6, 6.07) is 16.2. The lowest BCUT2D eigenvalue weighted by Crippen LogP contribution is -2.23. The fraction of sp³-hybridized carbons (Fsp3) is 0.200. The minimum absolute atomic E-state index is 0.0637. The standard InChI is InChI=1S/C25H25FN2O4/c1-4-32-22-12-10-17(13-23(22)31-3)15-27-24(29)18-11-9-16(2)21(14-18)28-25(30)19-7-5-6-8-20(19)26/h5-14H,4,15H2,1-3H3,(H,27,29)(H,28,30). The van der Waals surface area contributed by atoms with Crippen LogP contribution in [0.15, 0.2) is 60.7 Å². The van der Waals surface area contributed by atoms with E-state index >= 15 is 0 Å². The summed E-state index contributed by atoms with van der Waals surface area (Å²) >= 11 is 0. The monoisotopic (exact) mass is 436 g/mol. The highest BCUT2D eigenvalue weighted by molar-refractivity contribution is 6.05. The quantitative estimate of drug-likeness (QED) is 0.536. The van der Waals surface area contributed by atoms with E-state index in [2.05, 4.69) is 10.6 Å². The zero-order chi connectivity index (χ0) is 23.1. The molecule has 166 valence electrons. The van der Waals surface area contributed by atoms with E-state index in [0.717, 1.165) is 11.1 Å². The van der Waals surface area contributed by atoms with E-state index in [-0.39, 0.29) is 18.0 Å². The largest absolute Gasteiger partial charge is 0.493 e. The van der Waals surface area contributed by atoms with Crippen molar-refractivity contribution in [2.45, 2.75) is 20.4 Å². The van der Waals surface area contributed by atoms with E-state index in [1.807, 2.05) is 13.0 Å². The summed E-state index contributed by atoms with van der Waals surface area (Å²) in [6.07, 6.45) is 0. The van der Waals surface area contributed by atoms with Gasteiger partial charge < -0.3 is 20.1 Å². The van der Waals surface area contributed by atoms with Crippen molar-refractivity contribution in [2.24, 2.45) is 0 Å². The van der Waals surface area contributed by atoms with Crippen molar-refractivity contribution in [1.82, 2.24) is 5.32 Å². The minimum Gasteiger partial charge on any atom is -0.493 e. The molecular formula is C25H25FN2O4. The Balaban J connectivity index is 1.70. The number of ether oxygens (including phenoxy) is 2. The number of hydrogen-bond donors (Lipinski definition) is 2. The van der Waals surface area contributed by atoms with Crippen LogP contribution >= 0.6 is 0 Å². The van der Waals surface area contributed by atoms with Crippen molar-refractivity contribution in [1.29, 1.82) is 0 Å². The van der Waals surface area contributed by atoms with E-state index in [9.17, 15) is 14.0 Å². The summed E-state index contributed by atoms with van der Waals surface area (Å²) in [5.74, 6) is -0.266. The fourth-order valence-electron chi connectivity index (χ4n) is 3.11. The summed E-state index contributed by atoms with van der Waals surface area (Å²) in [5, 5.41) is 5.53. The first-order chi connectivity index (χ1) is 15.4. The highest BCUT2D eigenvalue weighted by Gasteiger charge is 2.14. The molecule has 0 aromatic heterocycles. The van der Waals surface area contributed by atoms with Crippen molar-refractivity contribution in [2.75, 3.05) is 19.0 Å². The first-order valence-electron chi connectivity index (χ1n) is 10.2. The number of benzene rings is 3. The summed E-state index contributed by atoms with van der Waals surface area (Å²) < 4.78 is 24.7. The van der Waals surface area contributed by atoms with Gasteiger partial charge in [0.2, 0.25) is 0 Å². The van der Waals surface area contributed by atoms with Gasteiger partial charge in [-0.2, -0.15) is 0 Å². The number of nitrogens with one attached hydrogen (secondary N) is 2. The van der Waals surface area contributed by atoms with Crippen molar-refractivity contribution >= 4 is 17.5 Å². The molecule has 0 aliphatic carbocycles. The molecule has 0 heterocycles. The van der Waals surface area contributed by atoms with Crippen molar-refractivity contribution in [3.63, 3.8) is 0 Å². The van der Waals surface area contributed by atoms with Crippen molar-refractivity contribution < 1.29 is 23.5 Å². The van der Waals surface area contributed by atoms with Gasteiger partial charge in [-0.1, -0.05) is 24.3 Å². The van der Waals surface area contributed by atoms with Gasteiger partial charge >= 0.3 is 0 Å². The van der Waals surface area contributed by atoms with Crippen LogP contribution in [0.4, 0.5) is 10.1 Å². The van der Waals surface area contributed by atoms with Gasteiger partial charge in [0.25, 0.3) is 11.8 Å². The van der Waals surface area contributed by atoms with Gasteiger partial charge in [-0.25, -0.2) is 4.39 Å². The highest BCUT2D eigenvalue weighted by Crippen LogP contribution is 2.28. The molecule has 0 unspecified atom stereocenters. The van der Waals surface area contributed by atoms with Crippen LogP contribution in [-0.2, 0) is 6.54 Å². The Morgan fingerprint density at radius 3 is 2.47 bits per heavy atom. The number of carbonyl (C=O) groups is 2. The molecule has 0 aliphatic rings. The third kappa shape index (κ3) is 5.43. The second-order valence-corrected chi connectivity index (χ2v) is 7.06. The highest BCUT2D eigenvalue weighted by atomic mass is 19.1. The molecule has 0 saturated heterocycles. The van der Waals surface area contributed by atoms with Gasteiger partial charge in [0.1, 0.15) is 5.82 Å². The lowest BCUT2D eigenvalue weighted by atomic mass is 10.1. The van der Waals surface area contributed by atoms with Crippen LogP contribution in [0.5, 0.6) is 11.5 Å². The second kappa shape index (κ2) is 10.4. The molecule has 0 radical (unpaired) electrons. The molecule has 2 amide bonds. The normalized spacial score (nSPS) is 10.4. The molecule has 0 spiro atoms. The van der Waals surface area contributed by atoms with E-state index in [1.165, 1.54) is 18.2 Å². The number of amides is 2. The van der Waals surface area contributed by atoms with Gasteiger partial charge in [-0.3, -0.25) is 9.59 Å². The lowest BCUT2D eigenvalue weighted by Gasteiger charge is -2.13. The lowest BCUT2D eigenvalue weighted by molar-refractivity contribution is 0.0949. The zero-order valence-electron chi connectivity index (χ0n) is 18.2. The molecule has 0 atom stereocenters. The molecule has 6 nitrogen and oxygen atoms in total. The predicted octanol–water partition coefficient (Wildman–Crippen LogP) is 4.72. The molecule has 7 heteroatoms. The summed E-state index contributed by atoms with van der Waals surface area (Å²) in [4.78, 5) is 25.1. The maximum Gasteiger partial charge on any atom is 0.258 e. The van der Waals surface area contributed by atoms with Crippen LogP contribution in [-0.4, -0.2) is 25.5 Å². The Bertz CT molecular complexity index is 1130. The Kier molecular flexibility index (Phi) is 7.44. The average Bonchev–Trinajstić information content (AvgIpc) is 2.80. The molecule has 3 rings (SSSR count). The first-order valence-corrected chi connectivity index (χ1v) is 10.2. The Morgan fingerprint density at radius 1 is 0.969 bits per heavy atom. The Labute approximate surface area is 186 Å². The van der Waals surface area contributed by atoms with Gasteiger partial charge in [0.05, 0.1) is 19.3 Å². The van der Waals surface area contributed by atoms with Crippen LogP contribution in [0.25, 0.3) is 0 Å². The van der Waals surface area contributed by atoms with E-state index in [0.29, 0.717) is 29.4 Å². The third-order valence-electron chi connectivity index (χ3n) is 4.85. The number of hydrogen-bond acceptors (Lipinski definition) is 4. The number of anilines is 1. The molecule has 0 bridgehead atoms. The summed E-state index contributed by atoms with van der Waals surface area (Å²) in [7, 11) is 1.56. The summed E-state index contributed by atoms with van der Waals surface area (Å²) in [5.41, 5.74) is 2.35. The summed E-state index contributed by atoms with van der Waals surface area (Å²) in [6.45, 7) is 4.50. The SMILES string of the molecule is CCOc1ccc(CNC(=O)c2ccc(C)c(NC(=O)c3ccccc3F)c2)cc1OC. The minimum atomic E-state index is -0.609. The van der Waals surface area contributed by atoms with Gasteiger partial charge in [0, 0.05) is 17.8 Å². The number of methoxy groups -OCH3 is 1. The zero-order valence-corrected chi connectivity index (χ0v) is 18.2. The topological polar surface area (TPSA) is 76.7 Å². The third-order valence-corrected chi connectivity index (χ3v) is 4.85. The fourth-order valence-corrected chi connectivity index (χ4v) is 3.11. The maximum absolute atomic E-state index is 13.9. The van der Waals surface area contributed by atoms with Crippen LogP contribution in [0.3, 0.4) is 0 Å². The molecular weight excluding hydrogens is 411 g/mol. The van der Waals surface area contributed by atoms with Crippen molar-refractivity contribution in [3.05, 3.63) is 88.7 Å². The number of aryl methyl sites for hydroxylation is 1. The molecule has 2 N–H and O–H groups in total. The first kappa shape index (κ1) is 22.8. The van der Waals surface area contributed by atoms with E-state index in [1.54, 1.807) is 50.4 Å². The second-order valence-electron chi connectivity index (χ2n) is 7.06. The number of rotatable bonds is 8. The van der Waals surface area contributed by atoms with Crippen molar-refractivity contribution in [3.8, 4) is 11.5 Å². The maximum atomic E-state index is 13.9.